The van der Waals surface area contributed by atoms with Crippen LogP contribution in [0.1, 0.15) is 25.3 Å². The number of guanidine groups is 1. The van der Waals surface area contributed by atoms with E-state index in [1.807, 2.05) is 19.1 Å². The van der Waals surface area contributed by atoms with E-state index in [1.54, 1.807) is 20.4 Å². The van der Waals surface area contributed by atoms with Gasteiger partial charge < -0.3 is 20.1 Å². The number of aromatic nitrogens is 1. The van der Waals surface area contributed by atoms with Gasteiger partial charge in [0.25, 0.3) is 0 Å². The Morgan fingerprint density at radius 2 is 2.26 bits per heavy atom. The van der Waals surface area contributed by atoms with Crippen molar-refractivity contribution >= 4 is 29.9 Å². The molecular weight excluding hydrogens is 407 g/mol. The number of ether oxygens (including phenoxy) is 2. The highest BCUT2D eigenvalue weighted by Gasteiger charge is 2.22. The fourth-order valence-electron chi connectivity index (χ4n) is 2.03. The normalized spacial score (nSPS) is 15.5. The van der Waals surface area contributed by atoms with Gasteiger partial charge in [-0.25, -0.2) is 4.98 Å². The highest BCUT2D eigenvalue weighted by molar-refractivity contribution is 14.0. The molecule has 1 aromatic heterocycles. The molecule has 1 heterocycles. The van der Waals surface area contributed by atoms with Crippen molar-refractivity contribution < 1.29 is 9.47 Å². The molecule has 1 atom stereocenters. The summed E-state index contributed by atoms with van der Waals surface area (Å²) in [7, 11) is 3.44. The van der Waals surface area contributed by atoms with Gasteiger partial charge >= 0.3 is 0 Å². The lowest BCUT2D eigenvalue weighted by molar-refractivity contribution is 0.179. The zero-order valence-electron chi connectivity index (χ0n) is 14.0. The fraction of sp³-hybridized carbons (Fsp3) is 0.625. The van der Waals surface area contributed by atoms with Gasteiger partial charge in [-0.05, 0) is 37.3 Å². The zero-order valence-corrected chi connectivity index (χ0v) is 16.4. The molecule has 1 aliphatic carbocycles. The Kier molecular flexibility index (Phi) is 9.23. The number of rotatable bonds is 8. The molecule has 1 aliphatic rings. The number of methoxy groups -OCH3 is 1. The Labute approximate surface area is 155 Å². The third-order valence-corrected chi connectivity index (χ3v) is 3.45. The minimum atomic E-state index is 0. The Bertz CT molecular complexity index is 495. The summed E-state index contributed by atoms with van der Waals surface area (Å²) in [4.78, 5) is 8.45. The van der Waals surface area contributed by atoms with Crippen molar-refractivity contribution in [1.29, 1.82) is 0 Å². The predicted octanol–water partition coefficient (Wildman–Crippen LogP) is 2.19. The van der Waals surface area contributed by atoms with Gasteiger partial charge in [-0.2, -0.15) is 0 Å². The van der Waals surface area contributed by atoms with Gasteiger partial charge in [-0.1, -0.05) is 0 Å². The largest absolute Gasteiger partial charge is 0.477 e. The molecule has 0 radical (unpaired) electrons. The van der Waals surface area contributed by atoms with E-state index in [0.29, 0.717) is 19.0 Å². The summed E-state index contributed by atoms with van der Waals surface area (Å²) < 4.78 is 10.8. The van der Waals surface area contributed by atoms with Gasteiger partial charge in [0.1, 0.15) is 0 Å². The molecule has 1 unspecified atom stereocenters. The van der Waals surface area contributed by atoms with Gasteiger partial charge in [0.05, 0.1) is 13.2 Å². The lowest BCUT2D eigenvalue weighted by atomic mass is 10.2. The quantitative estimate of drug-likeness (QED) is 0.373. The number of nitrogens with one attached hydrogen (secondary N) is 2. The van der Waals surface area contributed by atoms with Crippen molar-refractivity contribution in [2.75, 3.05) is 27.4 Å². The number of hydrogen-bond acceptors (Lipinski definition) is 4. The van der Waals surface area contributed by atoms with E-state index < -0.39 is 0 Å². The minimum absolute atomic E-state index is 0. The van der Waals surface area contributed by atoms with Crippen LogP contribution in [-0.4, -0.2) is 44.4 Å². The van der Waals surface area contributed by atoms with Crippen molar-refractivity contribution in [1.82, 2.24) is 15.6 Å². The second kappa shape index (κ2) is 10.6. The first-order chi connectivity index (χ1) is 10.7. The molecule has 1 saturated carbocycles. The van der Waals surface area contributed by atoms with E-state index in [9.17, 15) is 0 Å². The van der Waals surface area contributed by atoms with Crippen molar-refractivity contribution in [2.24, 2.45) is 10.9 Å². The highest BCUT2D eigenvalue weighted by atomic mass is 127. The average Bonchev–Trinajstić information content (AvgIpc) is 3.34. The van der Waals surface area contributed by atoms with Crippen LogP contribution >= 0.6 is 24.0 Å². The van der Waals surface area contributed by atoms with Gasteiger partial charge in [-0.15, -0.1) is 24.0 Å². The Hall–Kier alpha value is -1.09. The molecule has 0 amide bonds. The number of halogens is 1. The second-order valence-electron chi connectivity index (χ2n) is 5.68. The maximum Gasteiger partial charge on any atom is 0.213 e. The van der Waals surface area contributed by atoms with E-state index in [4.69, 9.17) is 9.47 Å². The molecule has 1 fully saturated rings. The standard InChI is InChI=1S/C16H26N4O2.HI/c1-12(10-21-3)20-16(17-2)19-9-14-6-7-18-15(8-14)22-11-13-4-5-13;/h6-8,12-13H,4-5,9-11H2,1-3H3,(H2,17,19,20);1H. The zero-order chi connectivity index (χ0) is 15.8. The summed E-state index contributed by atoms with van der Waals surface area (Å²) in [6, 6.07) is 4.15. The predicted molar refractivity (Wildman–Crippen MR) is 103 cm³/mol. The first kappa shape index (κ1) is 20.0. The third-order valence-electron chi connectivity index (χ3n) is 3.45. The molecule has 0 bridgehead atoms. The monoisotopic (exact) mass is 434 g/mol. The summed E-state index contributed by atoms with van der Waals surface area (Å²) in [5.41, 5.74) is 1.11. The van der Waals surface area contributed by atoms with Crippen LogP contribution in [0.4, 0.5) is 0 Å². The molecule has 1 aromatic rings. The number of aliphatic imine (C=N–C) groups is 1. The molecule has 23 heavy (non-hydrogen) atoms. The molecule has 6 nitrogen and oxygen atoms in total. The summed E-state index contributed by atoms with van der Waals surface area (Å²) in [5, 5.41) is 6.55. The Morgan fingerprint density at radius 1 is 1.48 bits per heavy atom. The van der Waals surface area contributed by atoms with Gasteiger partial charge in [0.15, 0.2) is 5.96 Å². The van der Waals surface area contributed by atoms with E-state index in [1.165, 1.54) is 12.8 Å². The van der Waals surface area contributed by atoms with Crippen molar-refractivity contribution in [3.63, 3.8) is 0 Å². The van der Waals surface area contributed by atoms with Crippen LogP contribution in [0.3, 0.4) is 0 Å². The summed E-state index contributed by atoms with van der Waals surface area (Å²) in [6.07, 6.45) is 4.34. The van der Waals surface area contributed by atoms with Crippen LogP contribution in [0, 0.1) is 5.92 Å². The Morgan fingerprint density at radius 3 is 2.91 bits per heavy atom. The van der Waals surface area contributed by atoms with E-state index in [2.05, 4.69) is 20.6 Å². The van der Waals surface area contributed by atoms with Crippen molar-refractivity contribution in [3.8, 4) is 5.88 Å². The van der Waals surface area contributed by atoms with Gasteiger partial charge in [0, 0.05) is 39.0 Å². The summed E-state index contributed by atoms with van der Waals surface area (Å²) in [5.74, 6) is 2.18. The van der Waals surface area contributed by atoms with Gasteiger partial charge in [-0.3, -0.25) is 4.99 Å². The molecule has 0 aliphatic heterocycles. The van der Waals surface area contributed by atoms with Crippen LogP contribution in [0.5, 0.6) is 5.88 Å². The van der Waals surface area contributed by atoms with Crippen LogP contribution in [-0.2, 0) is 11.3 Å². The van der Waals surface area contributed by atoms with E-state index in [0.717, 1.165) is 24.0 Å². The SMILES string of the molecule is CN=C(NCc1ccnc(OCC2CC2)c1)NC(C)COC.I. The molecule has 0 aromatic carbocycles. The van der Waals surface area contributed by atoms with Crippen LogP contribution in [0.15, 0.2) is 23.3 Å². The van der Waals surface area contributed by atoms with Crippen LogP contribution < -0.4 is 15.4 Å². The molecule has 2 rings (SSSR count). The molecular formula is C16H27IN4O2. The molecule has 0 spiro atoms. The maximum atomic E-state index is 5.70. The molecule has 0 saturated heterocycles. The van der Waals surface area contributed by atoms with E-state index in [-0.39, 0.29) is 30.0 Å². The Balaban J connectivity index is 0.00000264. The molecule has 7 heteroatoms. The highest BCUT2D eigenvalue weighted by Crippen LogP contribution is 2.29. The molecule has 130 valence electrons. The van der Waals surface area contributed by atoms with Gasteiger partial charge in [0.2, 0.25) is 5.88 Å². The fourth-order valence-corrected chi connectivity index (χ4v) is 2.03. The van der Waals surface area contributed by atoms with Crippen LogP contribution in [0.25, 0.3) is 0 Å². The minimum Gasteiger partial charge on any atom is -0.477 e. The lowest BCUT2D eigenvalue weighted by Gasteiger charge is -2.17. The number of nitrogens with zero attached hydrogens (tertiary/aromatic N) is 2. The van der Waals surface area contributed by atoms with Crippen LogP contribution in [0.2, 0.25) is 0 Å². The average molecular weight is 434 g/mol. The topological polar surface area (TPSA) is 67.8 Å². The third kappa shape index (κ3) is 7.83. The summed E-state index contributed by atoms with van der Waals surface area (Å²) >= 11 is 0. The smallest absolute Gasteiger partial charge is 0.213 e. The van der Waals surface area contributed by atoms with E-state index >= 15 is 0 Å². The summed E-state index contributed by atoms with van der Waals surface area (Å²) in [6.45, 7) is 4.13. The second-order valence-corrected chi connectivity index (χ2v) is 5.68. The maximum absolute atomic E-state index is 5.70. The first-order valence-corrected chi connectivity index (χ1v) is 7.75. The first-order valence-electron chi connectivity index (χ1n) is 7.75. The molecule has 2 N–H and O–H groups in total. The van der Waals surface area contributed by atoms with Crippen molar-refractivity contribution in [2.45, 2.75) is 32.4 Å². The lowest BCUT2D eigenvalue weighted by Crippen LogP contribution is -2.43. The number of hydrogen-bond donors (Lipinski definition) is 2. The van der Waals surface area contributed by atoms with Crippen molar-refractivity contribution in [3.05, 3.63) is 23.9 Å². The number of pyridine rings is 1.